The van der Waals surface area contributed by atoms with Gasteiger partial charge in [-0.1, -0.05) is 17.7 Å². The van der Waals surface area contributed by atoms with Gasteiger partial charge in [-0.15, -0.1) is 0 Å². The molecule has 8 heteroatoms. The van der Waals surface area contributed by atoms with Crippen molar-refractivity contribution in [3.63, 3.8) is 0 Å². The molecule has 0 spiro atoms. The molecule has 92 valence electrons. The lowest BCUT2D eigenvalue weighted by Gasteiger charge is -1.95. The van der Waals surface area contributed by atoms with Gasteiger partial charge in [0.05, 0.1) is 4.90 Å². The van der Waals surface area contributed by atoms with Crippen molar-refractivity contribution in [2.45, 2.75) is 11.8 Å². The Morgan fingerprint density at radius 2 is 1.62 bits per heavy atom. The maximum atomic E-state index is 10.5. The van der Waals surface area contributed by atoms with Gasteiger partial charge < -0.3 is 9.42 Å². The number of benzene rings is 1. The van der Waals surface area contributed by atoms with E-state index in [-0.39, 0.29) is 4.90 Å². The summed E-state index contributed by atoms with van der Waals surface area (Å²) in [6, 6.07) is 5.99. The van der Waals surface area contributed by atoms with Crippen LogP contribution in [0.5, 0.6) is 0 Å². The summed E-state index contributed by atoms with van der Waals surface area (Å²) < 4.78 is 42.7. The van der Waals surface area contributed by atoms with E-state index in [1.165, 1.54) is 19.2 Å². The Kier molecular flexibility index (Phi) is 6.47. The van der Waals surface area contributed by atoms with Crippen molar-refractivity contribution < 1.29 is 27.0 Å². The first-order valence-corrected chi connectivity index (χ1v) is 6.79. The van der Waals surface area contributed by atoms with E-state index < -0.39 is 18.4 Å². The number of rotatable bonds is 2. The van der Waals surface area contributed by atoms with E-state index in [0.717, 1.165) is 5.56 Å². The van der Waals surface area contributed by atoms with Gasteiger partial charge in [0, 0.05) is 7.11 Å². The molecular weight excluding hydrogens is 255 g/mol. The average molecular weight is 268 g/mol. The minimum atomic E-state index is -4.02. The molecule has 0 bridgehead atoms. The molecule has 1 atom stereocenters. The van der Waals surface area contributed by atoms with Crippen molar-refractivity contribution in [1.82, 2.24) is 0 Å². The molecule has 1 rings (SSSR count). The average Bonchev–Trinajstić information content (AvgIpc) is 2.18. The molecule has 0 aliphatic heterocycles. The summed E-state index contributed by atoms with van der Waals surface area (Å²) in [5, 5.41) is 0. The first-order valence-electron chi connectivity index (χ1n) is 4.08. The minimum absolute atomic E-state index is 0.0666. The maximum Gasteiger partial charge on any atom is 0.316 e. The van der Waals surface area contributed by atoms with E-state index in [9.17, 15) is 13.0 Å². The summed E-state index contributed by atoms with van der Waals surface area (Å²) in [5.41, 5.74) is 0.956. The molecule has 1 aromatic carbocycles. The molecule has 0 aliphatic carbocycles. The molecule has 16 heavy (non-hydrogen) atoms. The summed E-state index contributed by atoms with van der Waals surface area (Å²) in [7, 11) is -5.46. The highest BCUT2D eigenvalue weighted by Gasteiger charge is 2.06. The molecule has 0 radical (unpaired) electrons. The number of aryl methyl sites for hydroxylation is 1. The van der Waals surface area contributed by atoms with Crippen LogP contribution >= 0.6 is 8.25 Å². The first kappa shape index (κ1) is 15.3. The zero-order valence-corrected chi connectivity index (χ0v) is 10.6. The van der Waals surface area contributed by atoms with Gasteiger partial charge in [0.1, 0.15) is 0 Å². The molecule has 6 nitrogen and oxygen atoms in total. The molecular formula is C8H13O6PS. The van der Waals surface area contributed by atoms with Crippen LogP contribution in [0.25, 0.3) is 0 Å². The number of hydrogen-bond donors (Lipinski definition) is 2. The predicted molar refractivity (Wildman–Crippen MR) is 59.2 cm³/mol. The fourth-order valence-electron chi connectivity index (χ4n) is 0.710. The second kappa shape index (κ2) is 6.78. The lowest BCUT2D eigenvalue weighted by molar-refractivity contribution is 0.343. The van der Waals surface area contributed by atoms with Crippen LogP contribution in [0.2, 0.25) is 0 Å². The number of hydrogen-bond acceptors (Lipinski definition) is 4. The van der Waals surface area contributed by atoms with Crippen LogP contribution < -0.4 is 0 Å². The van der Waals surface area contributed by atoms with Gasteiger partial charge in [-0.05, 0) is 19.1 Å². The van der Waals surface area contributed by atoms with Gasteiger partial charge in [0.15, 0.2) is 0 Å². The van der Waals surface area contributed by atoms with Crippen LogP contribution in [0.15, 0.2) is 29.2 Å². The molecule has 0 saturated heterocycles. The third-order valence-corrected chi connectivity index (χ3v) is 2.71. The lowest BCUT2D eigenvalue weighted by Crippen LogP contribution is -1.96. The van der Waals surface area contributed by atoms with E-state index in [1.54, 1.807) is 12.1 Å². The van der Waals surface area contributed by atoms with Crippen LogP contribution in [0.4, 0.5) is 0 Å². The van der Waals surface area contributed by atoms with E-state index >= 15 is 0 Å². The molecule has 1 unspecified atom stereocenters. The Morgan fingerprint density at radius 3 is 1.88 bits per heavy atom. The van der Waals surface area contributed by atoms with E-state index in [4.69, 9.17) is 9.45 Å². The van der Waals surface area contributed by atoms with Crippen LogP contribution in [0.3, 0.4) is 0 Å². The first-order chi connectivity index (χ1) is 7.27. The van der Waals surface area contributed by atoms with Crippen molar-refractivity contribution in [2.24, 2.45) is 0 Å². The summed E-state index contributed by atoms with van der Waals surface area (Å²) in [6.45, 7) is 1.84. The maximum absolute atomic E-state index is 10.5. The van der Waals surface area contributed by atoms with E-state index in [2.05, 4.69) is 4.52 Å². The van der Waals surface area contributed by atoms with Gasteiger partial charge >= 0.3 is 8.25 Å². The highest BCUT2D eigenvalue weighted by atomic mass is 32.2. The fraction of sp³-hybridized carbons (Fsp3) is 0.250. The molecule has 0 aromatic heterocycles. The largest absolute Gasteiger partial charge is 0.326 e. The highest BCUT2D eigenvalue weighted by Crippen LogP contribution is 2.09. The van der Waals surface area contributed by atoms with E-state index in [1.807, 2.05) is 6.92 Å². The minimum Gasteiger partial charge on any atom is -0.326 e. The second-order valence-corrected chi connectivity index (χ2v) is 5.12. The Balaban J connectivity index is 0.000000385. The van der Waals surface area contributed by atoms with Crippen molar-refractivity contribution in [2.75, 3.05) is 7.11 Å². The van der Waals surface area contributed by atoms with Gasteiger partial charge in [-0.2, -0.15) is 8.42 Å². The van der Waals surface area contributed by atoms with Crippen molar-refractivity contribution in [3.8, 4) is 0 Å². The summed E-state index contributed by atoms with van der Waals surface area (Å²) in [6.07, 6.45) is 0. The van der Waals surface area contributed by atoms with Crippen LogP contribution in [0, 0.1) is 6.92 Å². The standard InChI is InChI=1S/C7H8O3S.CH5O3P/c1-6-2-4-7(5-3-6)11(8,9)10;1-4-5(2)3/h2-5H,1H3,(H,8,9,10);5H,1H3,(H,2,3). The van der Waals surface area contributed by atoms with E-state index in [0.29, 0.717) is 0 Å². The summed E-state index contributed by atoms with van der Waals surface area (Å²) >= 11 is 0. The van der Waals surface area contributed by atoms with Gasteiger partial charge in [-0.3, -0.25) is 9.12 Å². The summed E-state index contributed by atoms with van der Waals surface area (Å²) in [4.78, 5) is 7.62. The second-order valence-electron chi connectivity index (χ2n) is 2.76. The molecule has 0 amide bonds. The third kappa shape index (κ3) is 6.71. The molecule has 0 fully saturated rings. The predicted octanol–water partition coefficient (Wildman–Crippen LogP) is 1.26. The van der Waals surface area contributed by atoms with Gasteiger partial charge in [-0.25, -0.2) is 0 Å². The van der Waals surface area contributed by atoms with Crippen molar-refractivity contribution in [3.05, 3.63) is 29.8 Å². The van der Waals surface area contributed by atoms with Gasteiger partial charge in [0.25, 0.3) is 10.1 Å². The fourth-order valence-corrected chi connectivity index (χ4v) is 1.19. The van der Waals surface area contributed by atoms with Crippen LogP contribution in [-0.2, 0) is 19.2 Å². The highest BCUT2D eigenvalue weighted by molar-refractivity contribution is 7.85. The zero-order valence-electron chi connectivity index (χ0n) is 8.75. The normalized spacial score (nSPS) is 12.5. The molecule has 2 N–H and O–H groups in total. The molecule has 0 saturated carbocycles. The van der Waals surface area contributed by atoms with Crippen LogP contribution in [0.1, 0.15) is 5.56 Å². The molecule has 0 heterocycles. The lowest BCUT2D eigenvalue weighted by atomic mass is 10.2. The Bertz CT molecular complexity index is 438. The third-order valence-electron chi connectivity index (χ3n) is 1.49. The smallest absolute Gasteiger partial charge is 0.316 e. The Hall–Kier alpha value is -0.720. The summed E-state index contributed by atoms with van der Waals surface area (Å²) in [5.74, 6) is 0. The molecule has 0 aliphatic rings. The SMILES string of the molecule is CO[PH](=O)O.Cc1ccc(S(=O)(=O)O)cc1. The van der Waals surface area contributed by atoms with Crippen molar-refractivity contribution in [1.29, 1.82) is 0 Å². The Morgan fingerprint density at radius 1 is 1.25 bits per heavy atom. The van der Waals surface area contributed by atoms with Gasteiger partial charge in [0.2, 0.25) is 0 Å². The molecule has 1 aromatic rings. The Labute approximate surface area is 94.6 Å². The monoisotopic (exact) mass is 268 g/mol. The topological polar surface area (TPSA) is 101 Å². The van der Waals surface area contributed by atoms with Crippen LogP contribution in [-0.4, -0.2) is 25.0 Å². The zero-order chi connectivity index (χ0) is 12.8. The van der Waals surface area contributed by atoms with Crippen molar-refractivity contribution >= 4 is 18.4 Å². The quantitative estimate of drug-likeness (QED) is 0.618.